The van der Waals surface area contributed by atoms with Crippen molar-refractivity contribution in [1.29, 1.82) is 0 Å². The standard InChI is InChI=1S/C26H30N2/c1-3-7-21(8-4-1)16-27-19-25-12-23-11-24(13-25)15-26(14-23,18-25)20-28-17-22-9-5-2-6-10-22/h1-10,16-17,23-24H,11-15,18-20H2. The molecule has 2 nitrogen and oxygen atoms in total. The Hall–Kier alpha value is -2.22. The molecule has 0 atom stereocenters. The normalized spacial score (nSPS) is 33.9. The first kappa shape index (κ1) is 17.8. The summed E-state index contributed by atoms with van der Waals surface area (Å²) in [4.78, 5) is 9.85. The summed E-state index contributed by atoms with van der Waals surface area (Å²) in [5.41, 5.74) is 3.29. The van der Waals surface area contributed by atoms with Gasteiger partial charge in [0.05, 0.1) is 0 Å². The van der Waals surface area contributed by atoms with Gasteiger partial charge in [-0.3, -0.25) is 9.98 Å². The maximum atomic E-state index is 4.93. The van der Waals surface area contributed by atoms with E-state index in [2.05, 4.69) is 73.1 Å². The highest BCUT2D eigenvalue weighted by Gasteiger charge is 2.57. The topological polar surface area (TPSA) is 24.7 Å². The number of aliphatic imine (C=N–C) groups is 2. The Labute approximate surface area is 168 Å². The van der Waals surface area contributed by atoms with Gasteiger partial charge in [-0.25, -0.2) is 0 Å². The van der Waals surface area contributed by atoms with Crippen molar-refractivity contribution in [1.82, 2.24) is 0 Å². The molecule has 4 saturated carbocycles. The van der Waals surface area contributed by atoms with E-state index in [1.165, 1.54) is 49.7 Å². The van der Waals surface area contributed by atoms with E-state index in [-0.39, 0.29) is 0 Å². The van der Waals surface area contributed by atoms with Crippen molar-refractivity contribution in [2.75, 3.05) is 13.1 Å². The molecule has 144 valence electrons. The molecule has 0 N–H and O–H groups in total. The second-order valence-electron chi connectivity index (χ2n) is 9.72. The van der Waals surface area contributed by atoms with Gasteiger partial charge in [-0.15, -0.1) is 0 Å². The second-order valence-corrected chi connectivity index (χ2v) is 9.72. The first-order chi connectivity index (χ1) is 13.7. The molecule has 4 aliphatic rings. The predicted molar refractivity (Wildman–Crippen MR) is 117 cm³/mol. The van der Waals surface area contributed by atoms with Gasteiger partial charge in [-0.1, -0.05) is 60.7 Å². The molecular formula is C26H30N2. The monoisotopic (exact) mass is 370 g/mol. The van der Waals surface area contributed by atoms with Crippen molar-refractivity contribution >= 4 is 12.4 Å². The maximum absolute atomic E-state index is 4.93. The maximum Gasteiger partial charge on any atom is 0.0446 e. The van der Waals surface area contributed by atoms with Gasteiger partial charge in [0.25, 0.3) is 0 Å². The van der Waals surface area contributed by atoms with Crippen molar-refractivity contribution in [3.05, 3.63) is 71.8 Å². The van der Waals surface area contributed by atoms with Crippen LogP contribution in [-0.4, -0.2) is 25.5 Å². The third-order valence-electron chi connectivity index (χ3n) is 7.24. The molecule has 4 bridgehead atoms. The number of rotatable bonds is 6. The molecule has 28 heavy (non-hydrogen) atoms. The highest BCUT2D eigenvalue weighted by molar-refractivity contribution is 5.79. The molecule has 2 aromatic rings. The molecule has 0 radical (unpaired) electrons. The second kappa shape index (κ2) is 7.31. The van der Waals surface area contributed by atoms with Crippen LogP contribution in [0.4, 0.5) is 0 Å². The van der Waals surface area contributed by atoms with E-state index in [0.29, 0.717) is 10.8 Å². The minimum atomic E-state index is 0.428. The molecular weight excluding hydrogens is 340 g/mol. The summed E-state index contributed by atoms with van der Waals surface area (Å²) in [5.74, 6) is 1.81. The third-order valence-corrected chi connectivity index (χ3v) is 7.24. The van der Waals surface area contributed by atoms with Crippen LogP contribution in [0.5, 0.6) is 0 Å². The van der Waals surface area contributed by atoms with E-state index in [1.807, 2.05) is 0 Å². The van der Waals surface area contributed by atoms with Crippen LogP contribution >= 0.6 is 0 Å². The summed E-state index contributed by atoms with van der Waals surface area (Å²) >= 11 is 0. The van der Waals surface area contributed by atoms with Crippen molar-refractivity contribution < 1.29 is 0 Å². The van der Waals surface area contributed by atoms with Gasteiger partial charge in [0.15, 0.2) is 0 Å². The van der Waals surface area contributed by atoms with E-state index in [9.17, 15) is 0 Å². The molecule has 0 amide bonds. The first-order valence-electron chi connectivity index (χ1n) is 10.8. The average Bonchev–Trinajstić information content (AvgIpc) is 2.68. The van der Waals surface area contributed by atoms with Crippen LogP contribution in [-0.2, 0) is 0 Å². The zero-order valence-electron chi connectivity index (χ0n) is 16.6. The zero-order valence-corrected chi connectivity index (χ0v) is 16.6. The van der Waals surface area contributed by atoms with Gasteiger partial charge in [-0.2, -0.15) is 0 Å². The highest BCUT2D eigenvalue weighted by atomic mass is 14.8. The van der Waals surface area contributed by atoms with Crippen molar-refractivity contribution in [2.24, 2.45) is 32.7 Å². The molecule has 0 unspecified atom stereocenters. The SMILES string of the molecule is C(=NCC12CC3CC(C1)CC(CN=Cc1ccccc1)(C3)C2)c1ccccc1. The number of hydrogen-bond donors (Lipinski definition) is 0. The molecule has 2 aromatic carbocycles. The molecule has 0 aliphatic heterocycles. The highest BCUT2D eigenvalue weighted by Crippen LogP contribution is 2.65. The lowest BCUT2D eigenvalue weighted by Crippen LogP contribution is -2.54. The minimum absolute atomic E-state index is 0.428. The van der Waals surface area contributed by atoms with E-state index < -0.39 is 0 Å². The lowest BCUT2D eigenvalue weighted by molar-refractivity contribution is -0.100. The Balaban J connectivity index is 1.30. The molecule has 6 rings (SSSR count). The fraction of sp³-hybridized carbons (Fsp3) is 0.462. The molecule has 0 aromatic heterocycles. The Morgan fingerprint density at radius 2 is 1.11 bits per heavy atom. The molecule has 2 heteroatoms. The van der Waals surface area contributed by atoms with Gasteiger partial charge in [0, 0.05) is 25.5 Å². The minimum Gasteiger partial charge on any atom is -0.292 e. The van der Waals surface area contributed by atoms with Crippen LogP contribution in [0.2, 0.25) is 0 Å². The summed E-state index contributed by atoms with van der Waals surface area (Å²) in [5, 5.41) is 0. The Morgan fingerprint density at radius 3 is 1.54 bits per heavy atom. The Morgan fingerprint density at radius 1 is 0.679 bits per heavy atom. The van der Waals surface area contributed by atoms with Crippen LogP contribution in [0.25, 0.3) is 0 Å². The lowest BCUT2D eigenvalue weighted by Gasteiger charge is -2.61. The van der Waals surface area contributed by atoms with Crippen molar-refractivity contribution in [2.45, 2.75) is 38.5 Å². The van der Waals surface area contributed by atoms with Crippen LogP contribution < -0.4 is 0 Å². The largest absolute Gasteiger partial charge is 0.292 e. The average molecular weight is 371 g/mol. The number of hydrogen-bond acceptors (Lipinski definition) is 2. The van der Waals surface area contributed by atoms with Crippen LogP contribution in [0.3, 0.4) is 0 Å². The molecule has 0 heterocycles. The smallest absolute Gasteiger partial charge is 0.0446 e. The fourth-order valence-electron chi connectivity index (χ4n) is 6.79. The van der Waals surface area contributed by atoms with Gasteiger partial charge < -0.3 is 0 Å². The van der Waals surface area contributed by atoms with Gasteiger partial charge in [0.2, 0.25) is 0 Å². The molecule has 0 saturated heterocycles. The van der Waals surface area contributed by atoms with Gasteiger partial charge in [-0.05, 0) is 72.3 Å². The summed E-state index contributed by atoms with van der Waals surface area (Å²) in [6.45, 7) is 2.00. The van der Waals surface area contributed by atoms with Gasteiger partial charge >= 0.3 is 0 Å². The zero-order chi connectivity index (χ0) is 18.9. The van der Waals surface area contributed by atoms with Gasteiger partial charge in [0.1, 0.15) is 0 Å². The summed E-state index contributed by atoms with van der Waals surface area (Å²) in [6, 6.07) is 21.1. The molecule has 4 aliphatic carbocycles. The predicted octanol–water partition coefficient (Wildman–Crippen LogP) is 5.81. The first-order valence-corrected chi connectivity index (χ1v) is 10.8. The summed E-state index contributed by atoms with van der Waals surface area (Å²) in [7, 11) is 0. The summed E-state index contributed by atoms with van der Waals surface area (Å²) in [6.07, 6.45) is 12.5. The Bertz CT molecular complexity index is 769. The van der Waals surface area contributed by atoms with E-state index >= 15 is 0 Å². The van der Waals surface area contributed by atoms with E-state index in [1.54, 1.807) is 0 Å². The third kappa shape index (κ3) is 3.70. The lowest BCUT2D eigenvalue weighted by atomic mass is 9.44. The van der Waals surface area contributed by atoms with Crippen LogP contribution in [0.15, 0.2) is 70.6 Å². The summed E-state index contributed by atoms with van der Waals surface area (Å²) < 4.78 is 0. The number of nitrogens with zero attached hydrogens (tertiary/aromatic N) is 2. The molecule has 4 fully saturated rings. The quantitative estimate of drug-likeness (QED) is 0.573. The van der Waals surface area contributed by atoms with Crippen molar-refractivity contribution in [3.63, 3.8) is 0 Å². The van der Waals surface area contributed by atoms with Crippen LogP contribution in [0, 0.1) is 22.7 Å². The molecule has 0 spiro atoms. The van der Waals surface area contributed by atoms with E-state index in [0.717, 1.165) is 24.9 Å². The van der Waals surface area contributed by atoms with E-state index in [4.69, 9.17) is 9.98 Å². The van der Waals surface area contributed by atoms with Crippen molar-refractivity contribution in [3.8, 4) is 0 Å². The fourth-order valence-corrected chi connectivity index (χ4v) is 6.79. The Kier molecular flexibility index (Phi) is 4.66. The number of benzene rings is 2. The van der Waals surface area contributed by atoms with Crippen LogP contribution in [0.1, 0.15) is 49.7 Å².